The van der Waals surface area contributed by atoms with Gasteiger partial charge in [-0.15, -0.1) is 0 Å². The molecule has 0 aliphatic rings. The quantitative estimate of drug-likeness (QED) is 0.790. The van der Waals surface area contributed by atoms with E-state index in [2.05, 4.69) is 35.6 Å². The van der Waals surface area contributed by atoms with Gasteiger partial charge in [0.25, 0.3) is 0 Å². The van der Waals surface area contributed by atoms with Gasteiger partial charge in [0.1, 0.15) is 16.5 Å². The zero-order valence-electron chi connectivity index (χ0n) is 9.97. The van der Waals surface area contributed by atoms with E-state index in [9.17, 15) is 0 Å². The van der Waals surface area contributed by atoms with E-state index < -0.39 is 0 Å². The third-order valence-electron chi connectivity index (χ3n) is 2.18. The Morgan fingerprint density at radius 3 is 2.50 bits per heavy atom. The molecular formula is C11H18N4S. The number of nitrogens with two attached hydrogens (primary N) is 1. The van der Waals surface area contributed by atoms with Gasteiger partial charge in [0.15, 0.2) is 0 Å². The maximum absolute atomic E-state index is 5.47. The van der Waals surface area contributed by atoms with Crippen LogP contribution in [0.25, 0.3) is 0 Å². The average molecular weight is 238 g/mol. The maximum atomic E-state index is 5.47. The van der Waals surface area contributed by atoms with E-state index in [1.165, 1.54) is 0 Å². The van der Waals surface area contributed by atoms with E-state index in [1.807, 2.05) is 0 Å². The summed E-state index contributed by atoms with van der Waals surface area (Å²) < 4.78 is 0. The molecule has 5 heteroatoms. The van der Waals surface area contributed by atoms with Gasteiger partial charge in [0.05, 0.1) is 12.4 Å². The van der Waals surface area contributed by atoms with Crippen molar-refractivity contribution in [3.63, 3.8) is 0 Å². The topological polar surface area (TPSA) is 55.0 Å². The first-order chi connectivity index (χ1) is 7.54. The minimum atomic E-state index is 0.283. The Morgan fingerprint density at radius 1 is 1.44 bits per heavy atom. The molecule has 1 heterocycles. The number of aromatic nitrogens is 2. The lowest BCUT2D eigenvalue weighted by Gasteiger charge is -2.23. The molecule has 0 atom stereocenters. The van der Waals surface area contributed by atoms with Gasteiger partial charge in [-0.1, -0.05) is 26.1 Å². The Hall–Kier alpha value is -1.23. The molecule has 0 spiro atoms. The lowest BCUT2D eigenvalue weighted by molar-refractivity contribution is 0.613. The second-order valence-electron chi connectivity index (χ2n) is 4.06. The fourth-order valence-electron chi connectivity index (χ4n) is 1.44. The molecule has 0 saturated heterocycles. The Bertz CT molecular complexity index is 348. The minimum absolute atomic E-state index is 0.283. The number of anilines is 1. The maximum Gasteiger partial charge on any atom is 0.147 e. The zero-order valence-corrected chi connectivity index (χ0v) is 10.8. The van der Waals surface area contributed by atoms with E-state index in [0.29, 0.717) is 11.6 Å². The Labute approximate surface area is 102 Å². The predicted molar refractivity (Wildman–Crippen MR) is 70.6 cm³/mol. The predicted octanol–water partition coefficient (Wildman–Crippen LogP) is 1.59. The highest BCUT2D eigenvalue weighted by Crippen LogP contribution is 2.11. The van der Waals surface area contributed by atoms with Gasteiger partial charge in [-0.05, 0) is 12.8 Å². The van der Waals surface area contributed by atoms with Crippen LogP contribution in [0, 0.1) is 5.92 Å². The molecule has 1 rings (SSSR count). The molecule has 0 aromatic carbocycles. The van der Waals surface area contributed by atoms with Crippen LogP contribution in [0.2, 0.25) is 0 Å². The van der Waals surface area contributed by atoms with Gasteiger partial charge < -0.3 is 10.6 Å². The highest BCUT2D eigenvalue weighted by molar-refractivity contribution is 7.80. The summed E-state index contributed by atoms with van der Waals surface area (Å²) in [5.74, 6) is 1.47. The van der Waals surface area contributed by atoms with Gasteiger partial charge in [0.2, 0.25) is 0 Å². The van der Waals surface area contributed by atoms with Crippen LogP contribution in [0.5, 0.6) is 0 Å². The van der Waals surface area contributed by atoms with Crippen molar-refractivity contribution in [3.8, 4) is 0 Å². The Balaban J connectivity index is 2.82. The van der Waals surface area contributed by atoms with Crippen LogP contribution >= 0.6 is 12.2 Å². The zero-order chi connectivity index (χ0) is 12.1. The van der Waals surface area contributed by atoms with Crippen LogP contribution in [0.4, 0.5) is 5.82 Å². The molecule has 0 radical (unpaired) electrons. The molecule has 2 N–H and O–H groups in total. The fraction of sp³-hybridized carbons (Fsp3) is 0.545. The molecule has 0 saturated carbocycles. The first kappa shape index (κ1) is 12.8. The van der Waals surface area contributed by atoms with Crippen LogP contribution < -0.4 is 10.6 Å². The van der Waals surface area contributed by atoms with Crippen molar-refractivity contribution in [1.82, 2.24) is 9.97 Å². The highest BCUT2D eigenvalue weighted by Gasteiger charge is 2.08. The second kappa shape index (κ2) is 5.75. The minimum Gasteiger partial charge on any atom is -0.388 e. The lowest BCUT2D eigenvalue weighted by Crippen LogP contribution is -2.28. The van der Waals surface area contributed by atoms with Gasteiger partial charge in [-0.25, -0.2) is 9.97 Å². The SMILES string of the molecule is CCN(CC(C)C)c1cnc(C(N)=S)cn1. The molecule has 0 aliphatic carbocycles. The molecule has 16 heavy (non-hydrogen) atoms. The largest absolute Gasteiger partial charge is 0.388 e. The lowest BCUT2D eigenvalue weighted by atomic mass is 10.2. The highest BCUT2D eigenvalue weighted by atomic mass is 32.1. The molecule has 88 valence electrons. The molecule has 0 amide bonds. The van der Waals surface area contributed by atoms with Crippen molar-refractivity contribution in [3.05, 3.63) is 18.1 Å². The summed E-state index contributed by atoms with van der Waals surface area (Å²) in [4.78, 5) is 11.0. The molecule has 0 unspecified atom stereocenters. The number of thiocarbonyl (C=S) groups is 1. The Kier molecular flexibility index (Phi) is 4.61. The van der Waals surface area contributed by atoms with Crippen LogP contribution in [0.3, 0.4) is 0 Å². The van der Waals surface area contributed by atoms with Crippen LogP contribution in [-0.4, -0.2) is 28.0 Å². The monoisotopic (exact) mass is 238 g/mol. The number of hydrogen-bond acceptors (Lipinski definition) is 4. The normalized spacial score (nSPS) is 10.5. The summed E-state index contributed by atoms with van der Waals surface area (Å²) in [5.41, 5.74) is 6.04. The molecule has 1 aromatic heterocycles. The first-order valence-corrected chi connectivity index (χ1v) is 5.82. The number of rotatable bonds is 5. The standard InChI is InChI=1S/C11H18N4S/c1-4-15(7-8(2)3)10-6-13-9(5-14-10)11(12)16/h5-6,8H,4,7H2,1-3H3,(H2,12,16). The van der Waals surface area contributed by atoms with Crippen molar-refractivity contribution < 1.29 is 0 Å². The summed E-state index contributed by atoms with van der Waals surface area (Å²) in [6, 6.07) is 0. The summed E-state index contributed by atoms with van der Waals surface area (Å²) in [5, 5.41) is 0. The number of hydrogen-bond donors (Lipinski definition) is 1. The summed E-state index contributed by atoms with van der Waals surface area (Å²) in [6.07, 6.45) is 3.35. The van der Waals surface area contributed by atoms with Crippen molar-refractivity contribution in [2.24, 2.45) is 11.7 Å². The molecule has 4 nitrogen and oxygen atoms in total. The Morgan fingerprint density at radius 2 is 2.12 bits per heavy atom. The fourth-order valence-corrected chi connectivity index (χ4v) is 1.54. The van der Waals surface area contributed by atoms with Crippen LogP contribution in [0.1, 0.15) is 26.5 Å². The summed E-state index contributed by atoms with van der Waals surface area (Å²) in [7, 11) is 0. The van der Waals surface area contributed by atoms with Gasteiger partial charge >= 0.3 is 0 Å². The summed E-state index contributed by atoms with van der Waals surface area (Å²) >= 11 is 4.83. The average Bonchev–Trinajstić information content (AvgIpc) is 2.25. The summed E-state index contributed by atoms with van der Waals surface area (Å²) in [6.45, 7) is 8.35. The van der Waals surface area contributed by atoms with Crippen molar-refractivity contribution >= 4 is 23.0 Å². The van der Waals surface area contributed by atoms with Gasteiger partial charge in [-0.2, -0.15) is 0 Å². The first-order valence-electron chi connectivity index (χ1n) is 5.41. The molecule has 1 aromatic rings. The van der Waals surface area contributed by atoms with E-state index in [0.717, 1.165) is 18.9 Å². The second-order valence-corrected chi connectivity index (χ2v) is 4.50. The number of nitrogens with zero attached hydrogens (tertiary/aromatic N) is 3. The third kappa shape index (κ3) is 3.41. The van der Waals surface area contributed by atoms with E-state index in [4.69, 9.17) is 18.0 Å². The third-order valence-corrected chi connectivity index (χ3v) is 2.39. The van der Waals surface area contributed by atoms with Crippen LogP contribution in [0.15, 0.2) is 12.4 Å². The molecule has 0 fully saturated rings. The van der Waals surface area contributed by atoms with Crippen molar-refractivity contribution in [1.29, 1.82) is 0 Å². The molecule has 0 aliphatic heterocycles. The van der Waals surface area contributed by atoms with E-state index >= 15 is 0 Å². The van der Waals surface area contributed by atoms with E-state index in [-0.39, 0.29) is 4.99 Å². The van der Waals surface area contributed by atoms with Crippen molar-refractivity contribution in [2.75, 3.05) is 18.0 Å². The molecular weight excluding hydrogens is 220 g/mol. The van der Waals surface area contributed by atoms with E-state index in [1.54, 1.807) is 12.4 Å². The smallest absolute Gasteiger partial charge is 0.147 e. The van der Waals surface area contributed by atoms with Gasteiger partial charge in [0, 0.05) is 13.1 Å². The van der Waals surface area contributed by atoms with Crippen molar-refractivity contribution in [2.45, 2.75) is 20.8 Å². The van der Waals surface area contributed by atoms with Gasteiger partial charge in [-0.3, -0.25) is 0 Å². The van der Waals surface area contributed by atoms with Crippen LogP contribution in [-0.2, 0) is 0 Å². The molecule has 0 bridgehead atoms.